The second-order valence-corrected chi connectivity index (χ2v) is 6.28. The van der Waals surface area contributed by atoms with E-state index in [-0.39, 0.29) is 12.5 Å². The van der Waals surface area contributed by atoms with E-state index in [0.717, 1.165) is 6.42 Å². The Labute approximate surface area is 134 Å². The molecule has 23 heavy (non-hydrogen) atoms. The van der Waals surface area contributed by atoms with Crippen LogP contribution in [-0.2, 0) is 0 Å². The van der Waals surface area contributed by atoms with Gasteiger partial charge in [0.15, 0.2) is 5.65 Å². The number of fused-ring (bicyclic) bond motifs is 1. The van der Waals surface area contributed by atoms with Gasteiger partial charge in [-0.25, -0.2) is 9.50 Å². The summed E-state index contributed by atoms with van der Waals surface area (Å²) in [6, 6.07) is 3.43. The molecule has 3 rings (SSSR count). The average Bonchev–Trinajstić information content (AvgIpc) is 3.04. The van der Waals surface area contributed by atoms with E-state index in [0.29, 0.717) is 37.1 Å². The molecule has 1 saturated heterocycles. The molecule has 7 heteroatoms. The summed E-state index contributed by atoms with van der Waals surface area (Å²) in [5.74, 6) is -0.101. The van der Waals surface area contributed by atoms with Crippen molar-refractivity contribution < 1.29 is 15.0 Å². The predicted octanol–water partition coefficient (Wildman–Crippen LogP) is 0.715. The van der Waals surface area contributed by atoms with Crippen molar-refractivity contribution >= 4 is 11.6 Å². The van der Waals surface area contributed by atoms with Crippen LogP contribution in [0, 0.1) is 5.41 Å². The van der Waals surface area contributed by atoms with Crippen LogP contribution in [0.2, 0.25) is 0 Å². The van der Waals surface area contributed by atoms with Gasteiger partial charge in [-0.05, 0) is 25.0 Å². The van der Waals surface area contributed by atoms with Gasteiger partial charge in [0, 0.05) is 30.3 Å². The first-order valence-electron chi connectivity index (χ1n) is 7.97. The molecule has 3 heterocycles. The first kappa shape index (κ1) is 15.9. The topological polar surface area (TPSA) is 91.0 Å². The van der Waals surface area contributed by atoms with E-state index >= 15 is 0 Å². The average molecular weight is 318 g/mol. The minimum Gasteiger partial charge on any atom is -0.396 e. The van der Waals surface area contributed by atoms with E-state index in [4.69, 9.17) is 0 Å². The SMILES string of the molecule is CCC[C@@]1(CO)CN(C(=O)c2ccn3ncnc3c2)CC[C@@H]1O. The number of hydrogen-bond acceptors (Lipinski definition) is 5. The lowest BCUT2D eigenvalue weighted by Crippen LogP contribution is -2.55. The minimum atomic E-state index is -0.623. The number of amides is 1. The summed E-state index contributed by atoms with van der Waals surface area (Å²) in [5, 5.41) is 24.1. The third-order valence-electron chi connectivity index (χ3n) is 4.76. The number of carbonyl (C=O) groups excluding carboxylic acids is 1. The van der Waals surface area contributed by atoms with Crippen LogP contribution in [0.5, 0.6) is 0 Å². The maximum absolute atomic E-state index is 12.8. The normalized spacial score (nSPS) is 25.0. The lowest BCUT2D eigenvalue weighted by atomic mass is 9.74. The van der Waals surface area contributed by atoms with Crippen molar-refractivity contribution in [2.24, 2.45) is 5.41 Å². The van der Waals surface area contributed by atoms with Crippen LogP contribution >= 0.6 is 0 Å². The smallest absolute Gasteiger partial charge is 0.254 e. The number of aromatic nitrogens is 3. The zero-order valence-electron chi connectivity index (χ0n) is 13.2. The van der Waals surface area contributed by atoms with E-state index in [9.17, 15) is 15.0 Å². The number of aliphatic hydroxyl groups is 2. The maximum atomic E-state index is 12.8. The Balaban J connectivity index is 1.83. The highest BCUT2D eigenvalue weighted by molar-refractivity contribution is 5.95. The highest BCUT2D eigenvalue weighted by atomic mass is 16.3. The largest absolute Gasteiger partial charge is 0.396 e. The van der Waals surface area contributed by atoms with E-state index in [1.807, 2.05) is 6.92 Å². The van der Waals surface area contributed by atoms with E-state index < -0.39 is 11.5 Å². The van der Waals surface area contributed by atoms with Crippen molar-refractivity contribution in [3.05, 3.63) is 30.2 Å². The van der Waals surface area contributed by atoms with Gasteiger partial charge in [-0.3, -0.25) is 4.79 Å². The number of hydrogen-bond donors (Lipinski definition) is 2. The number of aliphatic hydroxyl groups excluding tert-OH is 2. The van der Waals surface area contributed by atoms with Crippen LogP contribution in [0.3, 0.4) is 0 Å². The van der Waals surface area contributed by atoms with E-state index in [1.165, 1.54) is 6.33 Å². The number of piperidine rings is 1. The Hall–Kier alpha value is -1.99. The zero-order chi connectivity index (χ0) is 16.4. The second kappa shape index (κ2) is 6.25. The van der Waals surface area contributed by atoms with Gasteiger partial charge in [0.1, 0.15) is 6.33 Å². The van der Waals surface area contributed by atoms with Crippen LogP contribution in [0.4, 0.5) is 0 Å². The monoisotopic (exact) mass is 318 g/mol. The van der Waals surface area contributed by atoms with Gasteiger partial charge in [0.25, 0.3) is 5.91 Å². The van der Waals surface area contributed by atoms with Gasteiger partial charge < -0.3 is 15.1 Å². The van der Waals surface area contributed by atoms with Crippen LogP contribution in [0.1, 0.15) is 36.5 Å². The summed E-state index contributed by atoms with van der Waals surface area (Å²) in [6.07, 6.45) is 4.61. The van der Waals surface area contributed by atoms with Crippen molar-refractivity contribution in [3.8, 4) is 0 Å². The Morgan fingerprint density at radius 2 is 2.35 bits per heavy atom. The highest BCUT2D eigenvalue weighted by Gasteiger charge is 2.43. The van der Waals surface area contributed by atoms with Crippen molar-refractivity contribution in [2.75, 3.05) is 19.7 Å². The van der Waals surface area contributed by atoms with Crippen molar-refractivity contribution in [3.63, 3.8) is 0 Å². The Morgan fingerprint density at radius 3 is 3.09 bits per heavy atom. The van der Waals surface area contributed by atoms with Crippen LogP contribution in [0.15, 0.2) is 24.7 Å². The van der Waals surface area contributed by atoms with Gasteiger partial charge in [-0.2, -0.15) is 5.10 Å². The summed E-state index contributed by atoms with van der Waals surface area (Å²) < 4.78 is 1.60. The molecule has 1 fully saturated rings. The molecule has 7 nitrogen and oxygen atoms in total. The quantitative estimate of drug-likeness (QED) is 0.866. The molecule has 1 aliphatic rings. The molecule has 1 amide bonds. The van der Waals surface area contributed by atoms with Crippen LogP contribution < -0.4 is 0 Å². The number of carbonyl (C=O) groups is 1. The van der Waals surface area contributed by atoms with Crippen molar-refractivity contribution in [1.29, 1.82) is 0 Å². The van der Waals surface area contributed by atoms with Gasteiger partial charge in [0.05, 0.1) is 12.7 Å². The molecule has 2 aromatic rings. The fourth-order valence-corrected chi connectivity index (χ4v) is 3.43. The van der Waals surface area contributed by atoms with Crippen LogP contribution in [-0.4, -0.2) is 61.4 Å². The molecular weight excluding hydrogens is 296 g/mol. The minimum absolute atomic E-state index is 0.101. The standard InChI is InChI=1S/C16H22N4O3/c1-2-5-16(10-21)9-19(6-4-13(16)22)15(23)12-3-7-20-14(8-12)17-11-18-20/h3,7-8,11,13,21-22H,2,4-6,9-10H2,1H3/t13-,16-/m0/s1. The molecule has 0 saturated carbocycles. The summed E-state index contributed by atoms with van der Waals surface area (Å²) >= 11 is 0. The van der Waals surface area contributed by atoms with Gasteiger partial charge >= 0.3 is 0 Å². The molecule has 0 bridgehead atoms. The summed E-state index contributed by atoms with van der Waals surface area (Å²) in [6.45, 7) is 2.76. The summed E-state index contributed by atoms with van der Waals surface area (Å²) in [5.41, 5.74) is 0.543. The van der Waals surface area contributed by atoms with Crippen molar-refractivity contribution in [2.45, 2.75) is 32.3 Å². The fourth-order valence-electron chi connectivity index (χ4n) is 3.43. The predicted molar refractivity (Wildman–Crippen MR) is 83.9 cm³/mol. The molecular formula is C16H22N4O3. The maximum Gasteiger partial charge on any atom is 0.254 e. The van der Waals surface area contributed by atoms with Gasteiger partial charge in [-0.15, -0.1) is 0 Å². The number of pyridine rings is 1. The molecule has 0 spiro atoms. The molecule has 1 aliphatic heterocycles. The third-order valence-corrected chi connectivity index (χ3v) is 4.76. The highest BCUT2D eigenvalue weighted by Crippen LogP contribution is 2.35. The first-order chi connectivity index (χ1) is 11.1. The summed E-state index contributed by atoms with van der Waals surface area (Å²) in [4.78, 5) is 18.6. The van der Waals surface area contributed by atoms with Gasteiger partial charge in [0.2, 0.25) is 0 Å². The first-order valence-corrected chi connectivity index (χ1v) is 7.97. The van der Waals surface area contributed by atoms with Gasteiger partial charge in [-0.1, -0.05) is 13.3 Å². The second-order valence-electron chi connectivity index (χ2n) is 6.28. The van der Waals surface area contributed by atoms with Crippen LogP contribution in [0.25, 0.3) is 5.65 Å². The van der Waals surface area contributed by atoms with E-state index in [1.54, 1.807) is 27.7 Å². The van der Waals surface area contributed by atoms with E-state index in [2.05, 4.69) is 10.1 Å². The Bertz CT molecular complexity index is 701. The number of rotatable bonds is 4. The number of likely N-dealkylation sites (tertiary alicyclic amines) is 1. The Kier molecular flexibility index (Phi) is 4.32. The lowest BCUT2D eigenvalue weighted by molar-refractivity contribution is -0.0720. The lowest BCUT2D eigenvalue weighted by Gasteiger charge is -2.45. The molecule has 2 atom stereocenters. The number of nitrogens with zero attached hydrogens (tertiary/aromatic N) is 4. The molecule has 2 N–H and O–H groups in total. The molecule has 2 aromatic heterocycles. The molecule has 0 aromatic carbocycles. The molecule has 0 unspecified atom stereocenters. The molecule has 124 valence electrons. The molecule has 0 radical (unpaired) electrons. The molecule has 0 aliphatic carbocycles. The fraction of sp³-hybridized carbons (Fsp3) is 0.562. The Morgan fingerprint density at radius 1 is 1.52 bits per heavy atom. The zero-order valence-corrected chi connectivity index (χ0v) is 13.2. The van der Waals surface area contributed by atoms with Crippen molar-refractivity contribution in [1.82, 2.24) is 19.5 Å². The summed E-state index contributed by atoms with van der Waals surface area (Å²) in [7, 11) is 0. The third kappa shape index (κ3) is 2.82.